The normalized spacial score (nSPS) is 10.5. The molecule has 6 heteroatoms. The van der Waals surface area contributed by atoms with Crippen LogP contribution in [0.2, 0.25) is 0 Å². The summed E-state index contributed by atoms with van der Waals surface area (Å²) in [6.45, 7) is 0. The van der Waals surface area contributed by atoms with E-state index in [4.69, 9.17) is 13.7 Å². The molecule has 2 aromatic heterocycles. The summed E-state index contributed by atoms with van der Waals surface area (Å²) in [6, 6.07) is 0. The molecule has 2 heterocycles. The van der Waals surface area contributed by atoms with Gasteiger partial charge in [0, 0.05) is 0 Å². The highest BCUT2D eigenvalue weighted by Gasteiger charge is 2.02. The van der Waals surface area contributed by atoms with Crippen LogP contribution >= 0.6 is 0 Å². The van der Waals surface area contributed by atoms with E-state index in [0.717, 1.165) is 0 Å². The van der Waals surface area contributed by atoms with E-state index in [1.807, 2.05) is 0 Å². The molecule has 0 atom stereocenters. The number of hydrogen-bond donors (Lipinski definition) is 1. The van der Waals surface area contributed by atoms with E-state index in [9.17, 15) is 0 Å². The summed E-state index contributed by atoms with van der Waals surface area (Å²) >= 11 is 0. The van der Waals surface area contributed by atoms with E-state index in [1.165, 1.54) is 17.1 Å². The van der Waals surface area contributed by atoms with E-state index in [2.05, 4.69) is 15.0 Å². The Bertz CT molecular complexity index is 395. The first kappa shape index (κ1) is 6.15. The second-order valence-corrected chi connectivity index (χ2v) is 2.08. The topological polar surface area (TPSA) is 69.6 Å². The van der Waals surface area contributed by atoms with Crippen molar-refractivity contribution in [3.8, 4) is 0 Å². The quantitative estimate of drug-likeness (QED) is 0.499. The van der Waals surface area contributed by atoms with Crippen molar-refractivity contribution in [1.82, 2.24) is 19.4 Å². The van der Waals surface area contributed by atoms with Gasteiger partial charge in [-0.15, -0.1) is 0 Å². The van der Waals surface area contributed by atoms with E-state index in [1.54, 1.807) is 0 Å². The van der Waals surface area contributed by atoms with Gasteiger partial charge in [-0.05, 0) is 0 Å². The summed E-state index contributed by atoms with van der Waals surface area (Å²) in [5.41, 5.74) is 6.56. The van der Waals surface area contributed by atoms with Gasteiger partial charge in [-0.1, -0.05) is 0 Å². The molecule has 0 saturated carbocycles. The fourth-order valence-electron chi connectivity index (χ4n) is 0.870. The summed E-state index contributed by atoms with van der Waals surface area (Å²) in [7, 11) is 5.45. The van der Waals surface area contributed by atoms with Crippen molar-refractivity contribution >= 4 is 25.0 Å². The number of nitrogens with two attached hydrogens (primary N) is 1. The summed E-state index contributed by atoms with van der Waals surface area (Å²) in [5.74, 6) is 0.346. The number of rotatable bonds is 0. The second-order valence-electron chi connectivity index (χ2n) is 2.08. The maximum absolute atomic E-state index is 5.49. The van der Waals surface area contributed by atoms with Crippen LogP contribution < -0.4 is 5.73 Å². The summed E-state index contributed by atoms with van der Waals surface area (Å²) < 4.78 is 1.30. The number of fused-ring (bicyclic) bond motifs is 1. The van der Waals surface area contributed by atoms with Crippen LogP contribution in [0.3, 0.4) is 0 Å². The van der Waals surface area contributed by atoms with Crippen LogP contribution in [0.15, 0.2) is 12.7 Å². The lowest BCUT2D eigenvalue weighted by Gasteiger charge is -1.93. The van der Waals surface area contributed by atoms with Gasteiger partial charge in [0.1, 0.15) is 11.8 Å². The molecule has 0 aliphatic rings. The Morgan fingerprint density at radius 3 is 2.91 bits per heavy atom. The molecule has 5 nitrogen and oxygen atoms in total. The van der Waals surface area contributed by atoms with Crippen molar-refractivity contribution in [1.29, 1.82) is 0 Å². The first-order valence-electron chi connectivity index (χ1n) is 2.97. The molecule has 0 fully saturated rings. The van der Waals surface area contributed by atoms with Crippen LogP contribution in [-0.4, -0.2) is 27.4 Å². The van der Waals surface area contributed by atoms with Crippen molar-refractivity contribution in [2.24, 2.45) is 0 Å². The van der Waals surface area contributed by atoms with E-state index in [-0.39, 0.29) is 0 Å². The fraction of sp³-hybridized carbons (Fsp3) is 0. The van der Waals surface area contributed by atoms with Gasteiger partial charge in [-0.2, -0.15) is 0 Å². The number of nitrogen functional groups attached to an aromatic ring is 1. The van der Waals surface area contributed by atoms with Crippen molar-refractivity contribution in [2.45, 2.75) is 0 Å². The Hall–Kier alpha value is -1.59. The van der Waals surface area contributed by atoms with Gasteiger partial charge < -0.3 is 10.2 Å². The SMILES string of the molecule is [B]n1cnc2c(N)ncnc21. The lowest BCUT2D eigenvalue weighted by Crippen LogP contribution is -1.95. The van der Waals surface area contributed by atoms with Crippen molar-refractivity contribution in [3.05, 3.63) is 12.7 Å². The molecule has 0 saturated heterocycles. The van der Waals surface area contributed by atoms with Gasteiger partial charge in [-0.25, -0.2) is 15.0 Å². The first-order valence-corrected chi connectivity index (χ1v) is 2.97. The molecule has 0 aromatic carbocycles. The Morgan fingerprint density at radius 1 is 1.36 bits per heavy atom. The van der Waals surface area contributed by atoms with E-state index >= 15 is 0 Å². The molecular weight excluding hydrogens is 141 g/mol. The Morgan fingerprint density at radius 2 is 2.18 bits per heavy atom. The zero-order valence-electron chi connectivity index (χ0n) is 5.60. The molecule has 2 aromatic rings. The summed E-state index contributed by atoms with van der Waals surface area (Å²) in [5, 5.41) is 0. The third kappa shape index (κ3) is 0.755. The number of nitrogens with zero attached hydrogens (tertiary/aromatic N) is 4. The largest absolute Gasteiger partial charge is 0.382 e. The predicted octanol–water partition coefficient (Wildman–Crippen LogP) is -0.660. The predicted molar refractivity (Wildman–Crippen MR) is 40.9 cm³/mol. The monoisotopic (exact) mass is 145 g/mol. The second kappa shape index (κ2) is 1.95. The minimum Gasteiger partial charge on any atom is -0.382 e. The molecule has 0 spiro atoms. The Balaban J connectivity index is 2.94. The summed E-state index contributed by atoms with van der Waals surface area (Å²) in [4.78, 5) is 11.5. The molecule has 0 aliphatic heterocycles. The molecule has 0 unspecified atom stereocenters. The van der Waals surface area contributed by atoms with Gasteiger partial charge in [0.15, 0.2) is 11.5 Å². The molecule has 2 radical (unpaired) electrons. The maximum Gasteiger partial charge on any atom is 0.238 e. The third-order valence-electron chi connectivity index (χ3n) is 1.39. The standard InChI is InChI=1S/C5H4BN5/c6-11-2-10-3-4(7)8-1-9-5(3)11/h1-2H,(H2,7,8,9). The van der Waals surface area contributed by atoms with Gasteiger partial charge in [0.25, 0.3) is 0 Å². The number of aromatic nitrogens is 4. The molecule has 0 aliphatic carbocycles. The molecule has 0 bridgehead atoms. The highest BCUT2D eigenvalue weighted by molar-refractivity contribution is 6.10. The smallest absolute Gasteiger partial charge is 0.238 e. The molecule has 11 heavy (non-hydrogen) atoms. The number of imidazole rings is 1. The minimum absolute atomic E-state index is 0.346. The first-order chi connectivity index (χ1) is 5.29. The number of anilines is 1. The van der Waals surface area contributed by atoms with Crippen molar-refractivity contribution in [3.63, 3.8) is 0 Å². The van der Waals surface area contributed by atoms with Crippen LogP contribution in [0.25, 0.3) is 11.2 Å². The Labute approximate surface area is 63.7 Å². The van der Waals surface area contributed by atoms with Crippen LogP contribution in [-0.2, 0) is 0 Å². The van der Waals surface area contributed by atoms with Gasteiger partial charge in [-0.3, -0.25) is 0 Å². The molecule has 52 valence electrons. The van der Waals surface area contributed by atoms with Crippen molar-refractivity contribution in [2.75, 3.05) is 5.73 Å². The van der Waals surface area contributed by atoms with E-state index in [0.29, 0.717) is 17.0 Å². The maximum atomic E-state index is 5.49. The van der Waals surface area contributed by atoms with Crippen molar-refractivity contribution < 1.29 is 0 Å². The summed E-state index contributed by atoms with van der Waals surface area (Å²) in [6.07, 6.45) is 2.79. The van der Waals surface area contributed by atoms with Gasteiger partial charge in [0.05, 0.1) is 6.33 Å². The average molecular weight is 145 g/mol. The lowest BCUT2D eigenvalue weighted by atomic mass is 10.4. The molecule has 2 rings (SSSR count). The van der Waals surface area contributed by atoms with Crippen LogP contribution in [0.4, 0.5) is 5.82 Å². The Kier molecular flexibility index (Phi) is 1.09. The number of hydrogen-bond acceptors (Lipinski definition) is 4. The van der Waals surface area contributed by atoms with Crippen LogP contribution in [0.5, 0.6) is 0 Å². The van der Waals surface area contributed by atoms with Gasteiger partial charge >= 0.3 is 0 Å². The highest BCUT2D eigenvalue weighted by Crippen LogP contribution is 2.11. The zero-order valence-corrected chi connectivity index (χ0v) is 5.60. The average Bonchev–Trinajstić information content (AvgIpc) is 2.35. The lowest BCUT2D eigenvalue weighted by molar-refractivity contribution is 1.17. The zero-order chi connectivity index (χ0) is 7.84. The minimum atomic E-state index is 0.346. The third-order valence-corrected chi connectivity index (χ3v) is 1.39. The van der Waals surface area contributed by atoms with E-state index < -0.39 is 0 Å². The molecule has 0 amide bonds. The molecule has 2 N–H and O–H groups in total. The van der Waals surface area contributed by atoms with Crippen LogP contribution in [0, 0.1) is 0 Å². The van der Waals surface area contributed by atoms with Crippen LogP contribution in [0.1, 0.15) is 0 Å². The fourth-order valence-corrected chi connectivity index (χ4v) is 0.870. The molecular formula is C5H4BN5. The van der Waals surface area contributed by atoms with Gasteiger partial charge in [0.2, 0.25) is 7.98 Å². The highest BCUT2D eigenvalue weighted by atomic mass is 15.1.